The second-order valence-corrected chi connectivity index (χ2v) is 5.38. The number of hydrogen-bond donors (Lipinski definition) is 0. The van der Waals surface area contributed by atoms with E-state index in [4.69, 9.17) is 0 Å². The fourth-order valence-electron chi connectivity index (χ4n) is 2.11. The minimum atomic E-state index is -0.240. The summed E-state index contributed by atoms with van der Waals surface area (Å²) < 4.78 is 13.7. The summed E-state index contributed by atoms with van der Waals surface area (Å²) in [7, 11) is 0. The fraction of sp³-hybridized carbons (Fsp3) is 0.143. The van der Waals surface area contributed by atoms with Gasteiger partial charge in [0.15, 0.2) is 0 Å². The van der Waals surface area contributed by atoms with E-state index in [1.165, 1.54) is 12.1 Å². The molecule has 0 aliphatic carbocycles. The molecule has 0 spiro atoms. The number of fused-ring (bicyclic) bond motifs is 1. The molecule has 1 aromatic carbocycles. The molecule has 90 valence electrons. The van der Waals surface area contributed by atoms with Gasteiger partial charge in [0.25, 0.3) is 0 Å². The smallest absolute Gasteiger partial charge is 0.124 e. The Hall–Kier alpha value is -1.81. The van der Waals surface area contributed by atoms with Gasteiger partial charge in [0.1, 0.15) is 5.82 Å². The van der Waals surface area contributed by atoms with E-state index in [1.54, 1.807) is 17.5 Å². The van der Waals surface area contributed by atoms with E-state index in [9.17, 15) is 4.39 Å². The SMILES string of the molecule is Cc1nc(C)c(-c2cc(F)cc3cccnc23)s1. The van der Waals surface area contributed by atoms with E-state index < -0.39 is 0 Å². The molecule has 4 heteroatoms. The first-order chi connectivity index (χ1) is 8.65. The molecule has 2 nitrogen and oxygen atoms in total. The lowest BCUT2D eigenvalue weighted by atomic mass is 10.1. The predicted molar refractivity (Wildman–Crippen MR) is 72.3 cm³/mol. The van der Waals surface area contributed by atoms with Crippen LogP contribution in [-0.4, -0.2) is 9.97 Å². The van der Waals surface area contributed by atoms with Gasteiger partial charge in [0.2, 0.25) is 0 Å². The Morgan fingerprint density at radius 3 is 2.78 bits per heavy atom. The van der Waals surface area contributed by atoms with Gasteiger partial charge in [-0.25, -0.2) is 9.37 Å². The molecule has 0 bridgehead atoms. The number of benzene rings is 1. The van der Waals surface area contributed by atoms with Gasteiger partial charge in [0.05, 0.1) is 21.1 Å². The van der Waals surface area contributed by atoms with Crippen molar-refractivity contribution in [3.63, 3.8) is 0 Å². The van der Waals surface area contributed by atoms with Crippen LogP contribution in [0.3, 0.4) is 0 Å². The monoisotopic (exact) mass is 258 g/mol. The maximum absolute atomic E-state index is 13.7. The van der Waals surface area contributed by atoms with Crippen LogP contribution >= 0.6 is 11.3 Å². The van der Waals surface area contributed by atoms with Crippen LogP contribution in [-0.2, 0) is 0 Å². The third kappa shape index (κ3) is 1.78. The Bertz CT molecular complexity index is 734. The Morgan fingerprint density at radius 1 is 1.22 bits per heavy atom. The van der Waals surface area contributed by atoms with E-state index >= 15 is 0 Å². The van der Waals surface area contributed by atoms with Gasteiger partial charge < -0.3 is 0 Å². The maximum atomic E-state index is 13.7. The first-order valence-corrected chi connectivity index (χ1v) is 6.45. The van der Waals surface area contributed by atoms with Crippen molar-refractivity contribution in [2.45, 2.75) is 13.8 Å². The third-order valence-corrected chi connectivity index (χ3v) is 3.92. The number of aryl methyl sites for hydroxylation is 2. The third-order valence-electron chi connectivity index (χ3n) is 2.82. The lowest BCUT2D eigenvalue weighted by Crippen LogP contribution is -1.87. The van der Waals surface area contributed by atoms with Crippen molar-refractivity contribution in [1.29, 1.82) is 0 Å². The number of halogens is 1. The summed E-state index contributed by atoms with van der Waals surface area (Å²) in [5.41, 5.74) is 2.58. The van der Waals surface area contributed by atoms with Crippen LogP contribution < -0.4 is 0 Å². The Kier molecular flexibility index (Phi) is 2.59. The summed E-state index contributed by atoms with van der Waals surface area (Å²) >= 11 is 1.57. The van der Waals surface area contributed by atoms with Crippen molar-refractivity contribution in [2.75, 3.05) is 0 Å². The van der Waals surface area contributed by atoms with E-state index in [0.717, 1.165) is 32.0 Å². The summed E-state index contributed by atoms with van der Waals surface area (Å²) in [6.07, 6.45) is 1.73. The quantitative estimate of drug-likeness (QED) is 0.656. The summed E-state index contributed by atoms with van der Waals surface area (Å²) in [5, 5.41) is 1.80. The molecular weight excluding hydrogens is 247 g/mol. The number of rotatable bonds is 1. The molecule has 0 aliphatic heterocycles. The molecule has 0 N–H and O–H groups in total. The normalized spacial score (nSPS) is 11.1. The number of hydrogen-bond acceptors (Lipinski definition) is 3. The zero-order valence-electron chi connectivity index (χ0n) is 10.1. The number of nitrogens with zero attached hydrogens (tertiary/aromatic N) is 2. The van der Waals surface area contributed by atoms with Gasteiger partial charge in [-0.3, -0.25) is 4.98 Å². The second kappa shape index (κ2) is 4.14. The zero-order valence-corrected chi connectivity index (χ0v) is 10.9. The molecule has 0 saturated carbocycles. The first kappa shape index (κ1) is 11.3. The molecule has 3 rings (SSSR count). The predicted octanol–water partition coefficient (Wildman–Crippen LogP) is 4.11. The van der Waals surface area contributed by atoms with Crippen LogP contribution in [0.15, 0.2) is 30.5 Å². The highest BCUT2D eigenvalue weighted by Gasteiger charge is 2.13. The highest BCUT2D eigenvalue weighted by Crippen LogP contribution is 2.34. The van der Waals surface area contributed by atoms with Crippen LogP contribution in [0.5, 0.6) is 0 Å². The fourth-order valence-corrected chi connectivity index (χ4v) is 3.05. The van der Waals surface area contributed by atoms with Crippen molar-refractivity contribution in [1.82, 2.24) is 9.97 Å². The summed E-state index contributed by atoms with van der Waals surface area (Å²) in [6.45, 7) is 3.90. The van der Waals surface area contributed by atoms with E-state index in [-0.39, 0.29) is 5.82 Å². The molecule has 3 aromatic rings. The van der Waals surface area contributed by atoms with Crippen LogP contribution in [0.25, 0.3) is 21.3 Å². The molecule has 2 heterocycles. The maximum Gasteiger partial charge on any atom is 0.124 e. The largest absolute Gasteiger partial charge is 0.256 e. The van der Waals surface area contributed by atoms with E-state index in [1.807, 2.05) is 26.0 Å². The molecule has 0 aliphatic rings. The van der Waals surface area contributed by atoms with Crippen molar-refractivity contribution in [3.8, 4) is 10.4 Å². The van der Waals surface area contributed by atoms with Crippen molar-refractivity contribution < 1.29 is 4.39 Å². The highest BCUT2D eigenvalue weighted by molar-refractivity contribution is 7.15. The van der Waals surface area contributed by atoms with E-state index in [0.29, 0.717) is 0 Å². The molecule has 0 radical (unpaired) electrons. The molecule has 0 atom stereocenters. The van der Waals surface area contributed by atoms with Gasteiger partial charge in [-0.15, -0.1) is 11.3 Å². The molecule has 0 amide bonds. The summed E-state index contributed by atoms with van der Waals surface area (Å²) in [4.78, 5) is 9.75. The van der Waals surface area contributed by atoms with E-state index in [2.05, 4.69) is 9.97 Å². The average molecular weight is 258 g/mol. The van der Waals surface area contributed by atoms with Crippen LogP contribution in [0.4, 0.5) is 4.39 Å². The van der Waals surface area contributed by atoms with Crippen LogP contribution in [0.2, 0.25) is 0 Å². The topological polar surface area (TPSA) is 25.8 Å². The van der Waals surface area contributed by atoms with Gasteiger partial charge >= 0.3 is 0 Å². The Balaban J connectivity index is 2.38. The minimum absolute atomic E-state index is 0.240. The van der Waals surface area contributed by atoms with Crippen molar-refractivity contribution >= 4 is 22.2 Å². The summed E-state index contributed by atoms with van der Waals surface area (Å²) in [5.74, 6) is -0.240. The molecule has 0 fully saturated rings. The summed E-state index contributed by atoms with van der Waals surface area (Å²) in [6, 6.07) is 6.73. The molecule has 18 heavy (non-hydrogen) atoms. The number of thiazole rings is 1. The van der Waals surface area contributed by atoms with Crippen LogP contribution in [0, 0.1) is 19.7 Å². The van der Waals surface area contributed by atoms with Gasteiger partial charge in [-0.1, -0.05) is 6.07 Å². The average Bonchev–Trinajstić information content (AvgIpc) is 2.67. The Morgan fingerprint density at radius 2 is 2.06 bits per heavy atom. The highest BCUT2D eigenvalue weighted by atomic mass is 32.1. The van der Waals surface area contributed by atoms with Gasteiger partial charge in [-0.05, 0) is 32.0 Å². The van der Waals surface area contributed by atoms with Crippen molar-refractivity contribution in [3.05, 3.63) is 47.0 Å². The molecule has 0 unspecified atom stereocenters. The molecular formula is C14H11FN2S. The standard InChI is InChI=1S/C14H11FN2S/c1-8-14(18-9(2)17-8)12-7-11(15)6-10-4-3-5-16-13(10)12/h3-7H,1-2H3. The minimum Gasteiger partial charge on any atom is -0.256 e. The number of pyridine rings is 1. The molecule has 0 saturated heterocycles. The molecule has 2 aromatic heterocycles. The first-order valence-electron chi connectivity index (χ1n) is 5.64. The second-order valence-electron chi connectivity index (χ2n) is 4.18. The van der Waals surface area contributed by atoms with Crippen LogP contribution in [0.1, 0.15) is 10.7 Å². The lowest BCUT2D eigenvalue weighted by Gasteiger charge is -2.04. The van der Waals surface area contributed by atoms with Gasteiger partial charge in [-0.2, -0.15) is 0 Å². The lowest BCUT2D eigenvalue weighted by molar-refractivity contribution is 0.630. The van der Waals surface area contributed by atoms with Crippen molar-refractivity contribution in [2.24, 2.45) is 0 Å². The zero-order chi connectivity index (χ0) is 12.7. The Labute approximate surface area is 108 Å². The number of aromatic nitrogens is 2. The van der Waals surface area contributed by atoms with Gasteiger partial charge in [0, 0.05) is 17.1 Å².